The first-order valence-corrected chi connectivity index (χ1v) is 7.06. The second-order valence-electron chi connectivity index (χ2n) is 5.21. The molecule has 1 heterocycles. The highest BCUT2D eigenvalue weighted by Gasteiger charge is 2.29. The van der Waals surface area contributed by atoms with Crippen LogP contribution in [0.15, 0.2) is 22.7 Å². The highest BCUT2D eigenvalue weighted by Crippen LogP contribution is 2.28. The molecule has 1 unspecified atom stereocenters. The van der Waals surface area contributed by atoms with Crippen molar-refractivity contribution in [3.63, 3.8) is 0 Å². The Labute approximate surface area is 116 Å². The Bertz CT molecular complexity index is 459. The van der Waals surface area contributed by atoms with Crippen molar-refractivity contribution < 1.29 is 9.90 Å². The minimum atomic E-state index is -0.0723. The molecule has 0 aliphatic carbocycles. The second-order valence-corrected chi connectivity index (χ2v) is 6.12. The number of carbonyl (C=O) groups is 1. The van der Waals surface area contributed by atoms with Crippen molar-refractivity contribution in [2.45, 2.75) is 20.3 Å². The zero-order chi connectivity index (χ0) is 13.3. The zero-order valence-electron chi connectivity index (χ0n) is 10.7. The third kappa shape index (κ3) is 2.69. The molecule has 0 aromatic heterocycles. The minimum Gasteiger partial charge on any atom is -0.507 e. The number of amides is 1. The predicted octanol–water partition coefficient (Wildman–Crippen LogP) is 3.27. The van der Waals surface area contributed by atoms with Crippen LogP contribution in [0.1, 0.15) is 30.6 Å². The Morgan fingerprint density at radius 1 is 1.50 bits per heavy atom. The number of rotatable bonds is 2. The smallest absolute Gasteiger partial charge is 0.257 e. The summed E-state index contributed by atoms with van der Waals surface area (Å²) in [7, 11) is 0. The van der Waals surface area contributed by atoms with Gasteiger partial charge < -0.3 is 10.0 Å². The molecule has 1 fully saturated rings. The molecule has 0 spiro atoms. The number of phenols is 1. The first kappa shape index (κ1) is 13.4. The van der Waals surface area contributed by atoms with E-state index in [4.69, 9.17) is 0 Å². The quantitative estimate of drug-likeness (QED) is 0.910. The van der Waals surface area contributed by atoms with Crippen LogP contribution in [0.25, 0.3) is 0 Å². The molecule has 0 radical (unpaired) electrons. The molecule has 1 aliphatic heterocycles. The number of nitrogens with zero attached hydrogens (tertiary/aromatic N) is 1. The standard InChI is InChI=1S/C14H18BrNO2/c1-9(2)10-5-6-16(8-10)14(18)12-7-11(15)3-4-13(12)17/h3-4,7,9-10,17H,5-6,8H2,1-2H3. The molecule has 1 N–H and O–H groups in total. The van der Waals surface area contributed by atoms with Gasteiger partial charge in [-0.2, -0.15) is 0 Å². The third-order valence-corrected chi connectivity index (χ3v) is 4.14. The maximum Gasteiger partial charge on any atom is 0.257 e. The summed E-state index contributed by atoms with van der Waals surface area (Å²) in [5, 5.41) is 9.77. The Morgan fingerprint density at radius 2 is 2.22 bits per heavy atom. The van der Waals surface area contributed by atoms with Gasteiger partial charge in [0.1, 0.15) is 5.75 Å². The molecule has 0 bridgehead atoms. The van der Waals surface area contributed by atoms with Crippen LogP contribution in [0.2, 0.25) is 0 Å². The van der Waals surface area contributed by atoms with Gasteiger partial charge in [0, 0.05) is 17.6 Å². The average Bonchev–Trinajstić information content (AvgIpc) is 2.81. The predicted molar refractivity (Wildman–Crippen MR) is 74.7 cm³/mol. The maximum atomic E-state index is 12.3. The maximum absolute atomic E-state index is 12.3. The molecule has 1 atom stereocenters. The molecule has 0 saturated carbocycles. The van der Waals surface area contributed by atoms with Crippen LogP contribution in [0.4, 0.5) is 0 Å². The van der Waals surface area contributed by atoms with Gasteiger partial charge in [-0.25, -0.2) is 0 Å². The first-order chi connectivity index (χ1) is 8.49. The van der Waals surface area contributed by atoms with Crippen molar-refractivity contribution in [3.8, 4) is 5.75 Å². The second kappa shape index (κ2) is 5.31. The molecule has 1 aromatic carbocycles. The van der Waals surface area contributed by atoms with Gasteiger partial charge in [0.15, 0.2) is 0 Å². The van der Waals surface area contributed by atoms with E-state index >= 15 is 0 Å². The summed E-state index contributed by atoms with van der Waals surface area (Å²) >= 11 is 3.33. The van der Waals surface area contributed by atoms with Gasteiger partial charge in [-0.3, -0.25) is 4.79 Å². The monoisotopic (exact) mass is 311 g/mol. The van der Waals surface area contributed by atoms with Crippen LogP contribution < -0.4 is 0 Å². The van der Waals surface area contributed by atoms with Gasteiger partial charge >= 0.3 is 0 Å². The summed E-state index contributed by atoms with van der Waals surface area (Å²) < 4.78 is 0.809. The van der Waals surface area contributed by atoms with Crippen molar-refractivity contribution in [2.24, 2.45) is 11.8 Å². The van der Waals surface area contributed by atoms with E-state index in [1.54, 1.807) is 18.2 Å². The van der Waals surface area contributed by atoms with Gasteiger partial charge in [-0.15, -0.1) is 0 Å². The molecule has 98 valence electrons. The van der Waals surface area contributed by atoms with Gasteiger partial charge in [0.2, 0.25) is 0 Å². The van der Waals surface area contributed by atoms with Crippen molar-refractivity contribution in [3.05, 3.63) is 28.2 Å². The molecular formula is C14H18BrNO2. The van der Waals surface area contributed by atoms with Gasteiger partial charge in [-0.05, 0) is 36.5 Å². The molecular weight excluding hydrogens is 294 g/mol. The fraction of sp³-hybridized carbons (Fsp3) is 0.500. The molecule has 1 aromatic rings. The molecule has 3 nitrogen and oxygen atoms in total. The summed E-state index contributed by atoms with van der Waals surface area (Å²) in [6, 6.07) is 4.96. The number of benzene rings is 1. The van der Waals surface area contributed by atoms with E-state index < -0.39 is 0 Å². The van der Waals surface area contributed by atoms with Crippen LogP contribution in [0.3, 0.4) is 0 Å². The SMILES string of the molecule is CC(C)C1CCN(C(=O)c2cc(Br)ccc2O)C1. The zero-order valence-corrected chi connectivity index (χ0v) is 12.3. The first-order valence-electron chi connectivity index (χ1n) is 6.27. The fourth-order valence-electron chi connectivity index (χ4n) is 2.37. The highest BCUT2D eigenvalue weighted by atomic mass is 79.9. The Morgan fingerprint density at radius 3 is 2.83 bits per heavy atom. The van der Waals surface area contributed by atoms with Crippen LogP contribution in [0, 0.1) is 11.8 Å². The van der Waals surface area contributed by atoms with E-state index in [0.717, 1.165) is 24.0 Å². The van der Waals surface area contributed by atoms with Gasteiger partial charge in [0.05, 0.1) is 5.56 Å². The summed E-state index contributed by atoms with van der Waals surface area (Å²) in [6.45, 7) is 5.96. The molecule has 1 aliphatic rings. The lowest BCUT2D eigenvalue weighted by Crippen LogP contribution is -2.29. The molecule has 18 heavy (non-hydrogen) atoms. The number of hydrogen-bond donors (Lipinski definition) is 1. The van der Waals surface area contributed by atoms with Crippen LogP contribution >= 0.6 is 15.9 Å². The molecule has 2 rings (SSSR count). The van der Waals surface area contributed by atoms with Gasteiger partial charge in [-0.1, -0.05) is 29.8 Å². The van der Waals surface area contributed by atoms with Crippen molar-refractivity contribution in [1.29, 1.82) is 0 Å². The van der Waals surface area contributed by atoms with E-state index in [-0.39, 0.29) is 11.7 Å². The van der Waals surface area contributed by atoms with Crippen molar-refractivity contribution in [2.75, 3.05) is 13.1 Å². The van der Waals surface area contributed by atoms with E-state index in [1.807, 2.05) is 4.90 Å². The normalized spacial score (nSPS) is 19.6. The highest BCUT2D eigenvalue weighted by molar-refractivity contribution is 9.10. The number of phenolic OH excluding ortho intramolecular Hbond substituents is 1. The molecule has 1 saturated heterocycles. The van der Waals surface area contributed by atoms with E-state index in [0.29, 0.717) is 17.4 Å². The number of hydrogen-bond acceptors (Lipinski definition) is 2. The number of aromatic hydroxyl groups is 1. The van der Waals surface area contributed by atoms with Crippen LogP contribution in [-0.4, -0.2) is 29.0 Å². The summed E-state index contributed by atoms with van der Waals surface area (Å²) in [5.74, 6) is 1.15. The summed E-state index contributed by atoms with van der Waals surface area (Å²) in [5.41, 5.74) is 0.383. The number of likely N-dealkylation sites (tertiary alicyclic amines) is 1. The molecule has 4 heteroatoms. The number of carbonyl (C=O) groups excluding carboxylic acids is 1. The Kier molecular flexibility index (Phi) is 3.95. The van der Waals surface area contributed by atoms with Crippen LogP contribution in [0.5, 0.6) is 5.75 Å². The Hall–Kier alpha value is -1.03. The van der Waals surface area contributed by atoms with E-state index in [2.05, 4.69) is 29.8 Å². The lowest BCUT2D eigenvalue weighted by atomic mass is 9.95. The lowest BCUT2D eigenvalue weighted by Gasteiger charge is -2.18. The average molecular weight is 312 g/mol. The van der Waals surface area contributed by atoms with Crippen molar-refractivity contribution >= 4 is 21.8 Å². The third-order valence-electron chi connectivity index (χ3n) is 3.64. The summed E-state index contributed by atoms with van der Waals surface area (Å²) in [4.78, 5) is 14.2. The fourth-order valence-corrected chi connectivity index (χ4v) is 2.73. The van der Waals surface area contributed by atoms with Gasteiger partial charge in [0.25, 0.3) is 5.91 Å². The topological polar surface area (TPSA) is 40.5 Å². The largest absolute Gasteiger partial charge is 0.507 e. The minimum absolute atomic E-state index is 0.0520. The van der Waals surface area contributed by atoms with E-state index in [1.165, 1.54) is 0 Å². The molecule has 1 amide bonds. The Balaban J connectivity index is 2.15. The van der Waals surface area contributed by atoms with Crippen LogP contribution in [-0.2, 0) is 0 Å². The van der Waals surface area contributed by atoms with Crippen molar-refractivity contribution in [1.82, 2.24) is 4.90 Å². The number of halogens is 1. The summed E-state index contributed by atoms with van der Waals surface area (Å²) in [6.07, 6.45) is 1.05. The van der Waals surface area contributed by atoms with E-state index in [9.17, 15) is 9.90 Å². The lowest BCUT2D eigenvalue weighted by molar-refractivity contribution is 0.0781.